The average Bonchev–Trinajstić information content (AvgIpc) is 2.25. The fourth-order valence-corrected chi connectivity index (χ4v) is 1.68. The van der Waals surface area contributed by atoms with Crippen LogP contribution in [0.5, 0.6) is 0 Å². The average molecular weight is 237 g/mol. The van der Waals surface area contributed by atoms with Crippen LogP contribution in [0.15, 0.2) is 39.9 Å². The normalized spacial score (nSPS) is 10.3. The molecule has 2 rings (SSSR count). The molecule has 0 saturated heterocycles. The van der Waals surface area contributed by atoms with E-state index in [0.29, 0.717) is 12.0 Å². The number of hydrogen-bond donors (Lipinski definition) is 2. The summed E-state index contributed by atoms with van der Waals surface area (Å²) in [6.45, 7) is 0. The summed E-state index contributed by atoms with van der Waals surface area (Å²) >= 11 is 5.81. The van der Waals surface area contributed by atoms with E-state index < -0.39 is 11.2 Å². The largest absolute Gasteiger partial charge is 0.326 e. The summed E-state index contributed by atoms with van der Waals surface area (Å²) in [6, 6.07) is 9.43. The number of rotatable bonds is 2. The molecule has 82 valence electrons. The van der Waals surface area contributed by atoms with Crippen LogP contribution in [0, 0.1) is 0 Å². The molecule has 0 atom stereocenters. The molecule has 0 fully saturated rings. The van der Waals surface area contributed by atoms with Gasteiger partial charge in [-0.1, -0.05) is 41.9 Å². The van der Waals surface area contributed by atoms with Crippen LogP contribution < -0.4 is 11.2 Å². The van der Waals surface area contributed by atoms with Crippen LogP contribution in [-0.2, 0) is 6.42 Å². The van der Waals surface area contributed by atoms with E-state index in [9.17, 15) is 9.59 Å². The summed E-state index contributed by atoms with van der Waals surface area (Å²) in [4.78, 5) is 26.9. The Balaban J connectivity index is 2.43. The minimum atomic E-state index is -0.591. The lowest BCUT2D eigenvalue weighted by atomic mass is 10.1. The molecule has 2 aromatic rings. The van der Waals surface area contributed by atoms with Crippen molar-refractivity contribution in [1.29, 1.82) is 0 Å². The van der Waals surface area contributed by atoms with Gasteiger partial charge in [0.2, 0.25) is 0 Å². The van der Waals surface area contributed by atoms with Crippen LogP contribution >= 0.6 is 11.6 Å². The monoisotopic (exact) mass is 236 g/mol. The van der Waals surface area contributed by atoms with E-state index >= 15 is 0 Å². The molecule has 16 heavy (non-hydrogen) atoms. The summed E-state index contributed by atoms with van der Waals surface area (Å²) in [5, 5.41) is 0.0950. The predicted octanol–water partition coefficient (Wildman–Crippen LogP) is 1.31. The van der Waals surface area contributed by atoms with Gasteiger partial charge in [0.15, 0.2) is 0 Å². The van der Waals surface area contributed by atoms with Gasteiger partial charge in [-0.3, -0.25) is 14.8 Å². The highest BCUT2D eigenvalue weighted by Gasteiger charge is 2.07. The quantitative estimate of drug-likeness (QED) is 0.772. The zero-order valence-electron chi connectivity index (χ0n) is 8.29. The maximum absolute atomic E-state index is 11.5. The van der Waals surface area contributed by atoms with Gasteiger partial charge in [-0.2, -0.15) is 0 Å². The van der Waals surface area contributed by atoms with Gasteiger partial charge >= 0.3 is 5.69 Å². The summed E-state index contributed by atoms with van der Waals surface area (Å²) < 4.78 is 0. The SMILES string of the molecule is O=c1[nH]c(Cl)c(Cc2ccccc2)c(=O)[nH]1. The smallest absolute Gasteiger partial charge is 0.297 e. The summed E-state index contributed by atoms with van der Waals surface area (Å²) in [7, 11) is 0. The van der Waals surface area contributed by atoms with Crippen LogP contribution in [0.4, 0.5) is 0 Å². The summed E-state index contributed by atoms with van der Waals surface area (Å²) in [6.07, 6.45) is 0.395. The number of aromatic amines is 2. The fourth-order valence-electron chi connectivity index (χ4n) is 1.44. The van der Waals surface area contributed by atoms with Gasteiger partial charge < -0.3 is 0 Å². The Bertz CT molecular complexity index is 601. The molecule has 2 N–H and O–H groups in total. The lowest BCUT2D eigenvalue weighted by Crippen LogP contribution is -2.25. The minimum Gasteiger partial charge on any atom is -0.297 e. The third-order valence-corrected chi connectivity index (χ3v) is 2.54. The van der Waals surface area contributed by atoms with Gasteiger partial charge in [-0.25, -0.2) is 4.79 Å². The molecule has 0 aliphatic carbocycles. The first-order valence-corrected chi connectivity index (χ1v) is 5.09. The van der Waals surface area contributed by atoms with Crippen molar-refractivity contribution in [1.82, 2.24) is 9.97 Å². The summed E-state index contributed by atoms with van der Waals surface area (Å²) in [5.74, 6) is 0. The van der Waals surface area contributed by atoms with Gasteiger partial charge in [-0.05, 0) is 5.56 Å². The molecular formula is C11H9ClN2O2. The molecule has 0 amide bonds. The molecule has 0 saturated carbocycles. The van der Waals surface area contributed by atoms with Crippen LogP contribution in [0.1, 0.15) is 11.1 Å². The second-order valence-corrected chi connectivity index (χ2v) is 3.74. The third-order valence-electron chi connectivity index (χ3n) is 2.21. The van der Waals surface area contributed by atoms with Crippen LogP contribution in [-0.4, -0.2) is 9.97 Å². The van der Waals surface area contributed by atoms with E-state index in [0.717, 1.165) is 5.56 Å². The number of aromatic nitrogens is 2. The van der Waals surface area contributed by atoms with Crippen molar-refractivity contribution < 1.29 is 0 Å². The number of benzene rings is 1. The number of H-pyrrole nitrogens is 2. The van der Waals surface area contributed by atoms with Gasteiger partial charge in [0.25, 0.3) is 5.56 Å². The Kier molecular flexibility index (Phi) is 2.92. The van der Waals surface area contributed by atoms with E-state index in [1.807, 2.05) is 30.3 Å². The molecule has 0 radical (unpaired) electrons. The van der Waals surface area contributed by atoms with E-state index in [2.05, 4.69) is 9.97 Å². The molecule has 0 aliphatic rings. The van der Waals surface area contributed by atoms with Gasteiger partial charge in [0.1, 0.15) is 5.15 Å². The van der Waals surface area contributed by atoms with Crippen molar-refractivity contribution in [3.63, 3.8) is 0 Å². The second kappa shape index (κ2) is 4.37. The Morgan fingerprint density at radius 2 is 1.75 bits per heavy atom. The van der Waals surface area contributed by atoms with Crippen molar-refractivity contribution >= 4 is 11.6 Å². The Morgan fingerprint density at radius 1 is 1.06 bits per heavy atom. The highest BCUT2D eigenvalue weighted by atomic mass is 35.5. The number of nitrogens with one attached hydrogen (secondary N) is 2. The molecular weight excluding hydrogens is 228 g/mol. The highest BCUT2D eigenvalue weighted by Crippen LogP contribution is 2.11. The first-order chi connectivity index (χ1) is 7.66. The van der Waals surface area contributed by atoms with Gasteiger partial charge in [0.05, 0.1) is 5.56 Å². The molecule has 5 heteroatoms. The molecule has 1 heterocycles. The zero-order valence-corrected chi connectivity index (χ0v) is 9.04. The van der Waals surface area contributed by atoms with E-state index in [1.165, 1.54) is 0 Å². The zero-order chi connectivity index (χ0) is 11.5. The lowest BCUT2D eigenvalue weighted by molar-refractivity contribution is 0.976. The van der Waals surface area contributed by atoms with Crippen LogP contribution in [0.25, 0.3) is 0 Å². The van der Waals surface area contributed by atoms with Gasteiger partial charge in [-0.15, -0.1) is 0 Å². The molecule has 0 bridgehead atoms. The number of hydrogen-bond acceptors (Lipinski definition) is 2. The molecule has 0 unspecified atom stereocenters. The van der Waals surface area contributed by atoms with Crippen molar-refractivity contribution in [3.05, 3.63) is 67.4 Å². The van der Waals surface area contributed by atoms with E-state index in [1.54, 1.807) is 0 Å². The van der Waals surface area contributed by atoms with Crippen molar-refractivity contribution in [2.75, 3.05) is 0 Å². The molecule has 4 nitrogen and oxygen atoms in total. The van der Waals surface area contributed by atoms with E-state index in [-0.39, 0.29) is 5.15 Å². The van der Waals surface area contributed by atoms with Gasteiger partial charge in [0, 0.05) is 6.42 Å². The predicted molar refractivity (Wildman–Crippen MR) is 61.9 cm³/mol. The topological polar surface area (TPSA) is 65.7 Å². The number of halogens is 1. The third kappa shape index (κ3) is 2.23. The maximum atomic E-state index is 11.5. The van der Waals surface area contributed by atoms with Crippen molar-refractivity contribution in [3.8, 4) is 0 Å². The standard InChI is InChI=1S/C11H9ClN2O2/c12-9-8(10(15)14-11(16)13-9)6-7-4-2-1-3-5-7/h1-5H,6H2,(H2,13,14,15,16). The van der Waals surface area contributed by atoms with Crippen LogP contribution in [0.3, 0.4) is 0 Å². The molecule has 1 aromatic heterocycles. The Hall–Kier alpha value is -1.81. The Labute approximate surface area is 95.9 Å². The molecule has 1 aromatic carbocycles. The lowest BCUT2D eigenvalue weighted by Gasteiger charge is -2.02. The second-order valence-electron chi connectivity index (χ2n) is 3.36. The highest BCUT2D eigenvalue weighted by molar-refractivity contribution is 6.30. The van der Waals surface area contributed by atoms with Crippen molar-refractivity contribution in [2.45, 2.75) is 6.42 Å². The summed E-state index contributed by atoms with van der Waals surface area (Å²) in [5.41, 5.74) is 0.291. The first kappa shape index (κ1) is 10.7. The van der Waals surface area contributed by atoms with E-state index in [4.69, 9.17) is 11.6 Å². The fraction of sp³-hybridized carbons (Fsp3) is 0.0909. The molecule has 0 spiro atoms. The molecule has 0 aliphatic heterocycles. The van der Waals surface area contributed by atoms with Crippen molar-refractivity contribution in [2.24, 2.45) is 0 Å². The first-order valence-electron chi connectivity index (χ1n) is 4.72. The minimum absolute atomic E-state index is 0.0950. The Morgan fingerprint density at radius 3 is 2.38 bits per heavy atom. The maximum Gasteiger partial charge on any atom is 0.326 e. The van der Waals surface area contributed by atoms with Crippen LogP contribution in [0.2, 0.25) is 5.15 Å².